The van der Waals surface area contributed by atoms with E-state index in [9.17, 15) is 4.79 Å². The Bertz CT molecular complexity index is 1300. The third kappa shape index (κ3) is 4.92. The van der Waals surface area contributed by atoms with Crippen molar-refractivity contribution >= 4 is 23.2 Å². The normalized spacial score (nSPS) is 15.3. The van der Waals surface area contributed by atoms with Crippen LogP contribution in [-0.4, -0.2) is 32.3 Å². The maximum Gasteiger partial charge on any atom is 0.254 e. The molecule has 3 heterocycles. The Labute approximate surface area is 203 Å². The van der Waals surface area contributed by atoms with Crippen molar-refractivity contribution in [2.24, 2.45) is 0 Å². The minimum absolute atomic E-state index is 0.00967. The molecule has 1 aliphatic heterocycles. The molecular weight excluding hydrogens is 446 g/mol. The number of hydrogen-bond donors (Lipinski definition) is 1. The number of hydrogen-bond acceptors (Lipinski definition) is 5. The van der Waals surface area contributed by atoms with E-state index in [2.05, 4.69) is 15.3 Å². The molecule has 170 valence electrons. The molecule has 2 aromatic carbocycles. The number of halogens is 1. The fourth-order valence-corrected chi connectivity index (χ4v) is 4.47. The van der Waals surface area contributed by atoms with Crippen LogP contribution in [0, 0.1) is 0 Å². The second kappa shape index (κ2) is 10.0. The lowest BCUT2D eigenvalue weighted by atomic mass is 10.1. The van der Waals surface area contributed by atoms with Gasteiger partial charge in [0.05, 0.1) is 11.7 Å². The second-order valence-electron chi connectivity index (χ2n) is 8.27. The Kier molecular flexibility index (Phi) is 6.49. The van der Waals surface area contributed by atoms with E-state index < -0.39 is 0 Å². The summed E-state index contributed by atoms with van der Waals surface area (Å²) in [6, 6.07) is 20.9. The van der Waals surface area contributed by atoms with Gasteiger partial charge in [0, 0.05) is 53.5 Å². The van der Waals surface area contributed by atoms with Crippen LogP contribution in [0.1, 0.15) is 40.5 Å². The van der Waals surface area contributed by atoms with E-state index in [0.717, 1.165) is 35.3 Å². The summed E-state index contributed by atoms with van der Waals surface area (Å²) in [5, 5.41) is 4.02. The summed E-state index contributed by atoms with van der Waals surface area (Å²) in [7, 11) is 0. The van der Waals surface area contributed by atoms with Crippen molar-refractivity contribution in [3.8, 4) is 11.4 Å². The van der Waals surface area contributed by atoms with E-state index in [4.69, 9.17) is 16.6 Å². The summed E-state index contributed by atoms with van der Waals surface area (Å²) in [6.07, 6.45) is 7.14. The molecule has 5 rings (SSSR count). The van der Waals surface area contributed by atoms with Crippen molar-refractivity contribution in [2.75, 3.05) is 11.9 Å². The van der Waals surface area contributed by atoms with Crippen LogP contribution in [0.25, 0.3) is 11.4 Å². The average Bonchev–Trinajstić information content (AvgIpc) is 3.38. The fourth-order valence-electron chi connectivity index (χ4n) is 4.28. The maximum absolute atomic E-state index is 13.5. The highest BCUT2D eigenvalue weighted by atomic mass is 35.5. The van der Waals surface area contributed by atoms with Crippen molar-refractivity contribution in [1.29, 1.82) is 0 Å². The topological polar surface area (TPSA) is 71.0 Å². The standard InChI is InChI=1S/C27H24ClN5O/c28-22-8-1-6-20(15-22)26-30-13-11-24(32-26)25-10-4-14-33(25)27(34)21-7-2-9-23(16-21)31-18-19-5-3-12-29-17-19/h1-3,5-9,11-13,15-17,25,31H,4,10,14,18H2/t25-/m0/s1. The lowest BCUT2D eigenvalue weighted by molar-refractivity contribution is 0.0733. The number of amides is 1. The monoisotopic (exact) mass is 469 g/mol. The van der Waals surface area contributed by atoms with Gasteiger partial charge in [0.15, 0.2) is 5.82 Å². The van der Waals surface area contributed by atoms with Crippen LogP contribution in [0.5, 0.6) is 0 Å². The molecule has 1 N–H and O–H groups in total. The zero-order valence-corrected chi connectivity index (χ0v) is 19.3. The highest BCUT2D eigenvalue weighted by molar-refractivity contribution is 6.30. The SMILES string of the molecule is O=C(c1cccc(NCc2cccnc2)c1)N1CCC[C@H]1c1ccnc(-c2cccc(Cl)c2)n1. The molecule has 0 spiro atoms. The van der Waals surface area contributed by atoms with E-state index in [1.807, 2.05) is 77.8 Å². The number of aromatic nitrogens is 3. The number of likely N-dealkylation sites (tertiary alicyclic amines) is 1. The van der Waals surface area contributed by atoms with Gasteiger partial charge in [-0.05, 0) is 60.9 Å². The van der Waals surface area contributed by atoms with Gasteiger partial charge in [-0.25, -0.2) is 9.97 Å². The van der Waals surface area contributed by atoms with Gasteiger partial charge in [0.2, 0.25) is 0 Å². The van der Waals surface area contributed by atoms with Crippen molar-refractivity contribution in [3.63, 3.8) is 0 Å². The first kappa shape index (κ1) is 22.0. The molecule has 6 nitrogen and oxygen atoms in total. The molecule has 0 saturated carbocycles. The fraction of sp³-hybridized carbons (Fsp3) is 0.185. The molecule has 7 heteroatoms. The molecule has 1 aliphatic rings. The zero-order chi connectivity index (χ0) is 23.3. The number of pyridine rings is 1. The van der Waals surface area contributed by atoms with Gasteiger partial charge in [-0.15, -0.1) is 0 Å². The highest BCUT2D eigenvalue weighted by Gasteiger charge is 2.32. The highest BCUT2D eigenvalue weighted by Crippen LogP contribution is 2.33. The van der Waals surface area contributed by atoms with Crippen molar-refractivity contribution in [1.82, 2.24) is 19.9 Å². The van der Waals surface area contributed by atoms with Gasteiger partial charge >= 0.3 is 0 Å². The van der Waals surface area contributed by atoms with Gasteiger partial charge < -0.3 is 10.2 Å². The molecule has 0 aliphatic carbocycles. The summed E-state index contributed by atoms with van der Waals surface area (Å²) >= 11 is 6.15. The lowest BCUT2D eigenvalue weighted by Crippen LogP contribution is -2.31. The van der Waals surface area contributed by atoms with Gasteiger partial charge in [-0.3, -0.25) is 9.78 Å². The van der Waals surface area contributed by atoms with Gasteiger partial charge in [0.1, 0.15) is 0 Å². The van der Waals surface area contributed by atoms with E-state index in [-0.39, 0.29) is 11.9 Å². The van der Waals surface area contributed by atoms with Crippen molar-refractivity contribution < 1.29 is 4.79 Å². The molecule has 1 amide bonds. The number of benzene rings is 2. The third-order valence-electron chi connectivity index (χ3n) is 5.94. The Balaban J connectivity index is 1.34. The summed E-state index contributed by atoms with van der Waals surface area (Å²) in [5.41, 5.74) is 4.35. The Morgan fingerprint density at radius 3 is 2.82 bits per heavy atom. The second-order valence-corrected chi connectivity index (χ2v) is 8.70. The van der Waals surface area contributed by atoms with Crippen LogP contribution in [-0.2, 0) is 6.54 Å². The van der Waals surface area contributed by atoms with E-state index in [1.165, 1.54) is 0 Å². The smallest absolute Gasteiger partial charge is 0.254 e. The Morgan fingerprint density at radius 2 is 1.97 bits per heavy atom. The van der Waals surface area contributed by atoms with Gasteiger partial charge in [-0.1, -0.05) is 35.9 Å². The number of nitrogens with one attached hydrogen (secondary N) is 1. The summed E-state index contributed by atoms with van der Waals surface area (Å²) < 4.78 is 0. The van der Waals surface area contributed by atoms with E-state index in [1.54, 1.807) is 12.4 Å². The van der Waals surface area contributed by atoms with E-state index in [0.29, 0.717) is 29.5 Å². The zero-order valence-electron chi connectivity index (χ0n) is 18.6. The average molecular weight is 470 g/mol. The molecule has 4 aromatic rings. The predicted molar refractivity (Wildman–Crippen MR) is 133 cm³/mol. The summed E-state index contributed by atoms with van der Waals surface area (Å²) in [4.78, 5) is 28.8. The quantitative estimate of drug-likeness (QED) is 0.387. The molecule has 0 bridgehead atoms. The van der Waals surface area contributed by atoms with Crippen molar-refractivity contribution in [3.05, 3.63) is 107 Å². The third-order valence-corrected chi connectivity index (χ3v) is 6.18. The number of carbonyl (C=O) groups excluding carboxylic acids is 1. The number of carbonyl (C=O) groups is 1. The van der Waals surface area contributed by atoms with Gasteiger partial charge in [-0.2, -0.15) is 0 Å². The molecule has 34 heavy (non-hydrogen) atoms. The van der Waals surface area contributed by atoms with Crippen LogP contribution in [0.2, 0.25) is 5.02 Å². The molecular formula is C27H24ClN5O. The van der Waals surface area contributed by atoms with Gasteiger partial charge in [0.25, 0.3) is 5.91 Å². The molecule has 1 fully saturated rings. The minimum atomic E-state index is -0.0829. The first-order chi connectivity index (χ1) is 16.7. The molecule has 0 radical (unpaired) electrons. The molecule has 2 aromatic heterocycles. The van der Waals surface area contributed by atoms with Crippen LogP contribution >= 0.6 is 11.6 Å². The van der Waals surface area contributed by atoms with Crippen LogP contribution in [0.15, 0.2) is 85.3 Å². The molecule has 0 unspecified atom stereocenters. The van der Waals surface area contributed by atoms with Crippen LogP contribution < -0.4 is 5.32 Å². The minimum Gasteiger partial charge on any atom is -0.381 e. The Morgan fingerprint density at radius 1 is 1.06 bits per heavy atom. The summed E-state index contributed by atoms with van der Waals surface area (Å²) in [5.74, 6) is 0.622. The molecule has 1 saturated heterocycles. The summed E-state index contributed by atoms with van der Waals surface area (Å²) in [6.45, 7) is 1.35. The number of nitrogens with zero attached hydrogens (tertiary/aromatic N) is 4. The number of rotatable bonds is 6. The first-order valence-corrected chi connectivity index (χ1v) is 11.7. The Hall–Kier alpha value is -3.77. The first-order valence-electron chi connectivity index (χ1n) is 11.3. The van der Waals surface area contributed by atoms with Crippen molar-refractivity contribution in [2.45, 2.75) is 25.4 Å². The largest absolute Gasteiger partial charge is 0.381 e. The predicted octanol–water partition coefficient (Wildman–Crippen LogP) is 5.78. The maximum atomic E-state index is 13.5. The van der Waals surface area contributed by atoms with E-state index >= 15 is 0 Å². The van der Waals surface area contributed by atoms with Crippen LogP contribution in [0.3, 0.4) is 0 Å². The number of anilines is 1. The molecule has 1 atom stereocenters. The van der Waals surface area contributed by atoms with Crippen LogP contribution in [0.4, 0.5) is 5.69 Å². The lowest BCUT2D eigenvalue weighted by Gasteiger charge is -2.25.